The first-order valence-corrected chi connectivity index (χ1v) is 7.89. The molecule has 2 aromatic carbocycles. The van der Waals surface area contributed by atoms with Crippen LogP contribution >= 0.6 is 0 Å². The summed E-state index contributed by atoms with van der Waals surface area (Å²) in [6, 6.07) is 15.2. The van der Waals surface area contributed by atoms with Crippen molar-refractivity contribution in [1.82, 2.24) is 5.32 Å². The summed E-state index contributed by atoms with van der Waals surface area (Å²) in [5, 5.41) is 3.16. The molecule has 2 aromatic rings. The van der Waals surface area contributed by atoms with Crippen LogP contribution in [0.25, 0.3) is 11.1 Å². The Morgan fingerprint density at radius 1 is 1.18 bits per heavy atom. The van der Waals surface area contributed by atoms with Gasteiger partial charge in [-0.25, -0.2) is 0 Å². The van der Waals surface area contributed by atoms with E-state index in [0.717, 1.165) is 31.6 Å². The molecule has 0 bridgehead atoms. The van der Waals surface area contributed by atoms with Crippen molar-refractivity contribution < 1.29 is 4.74 Å². The molecule has 0 atom stereocenters. The van der Waals surface area contributed by atoms with Gasteiger partial charge in [0.05, 0.1) is 7.11 Å². The highest BCUT2D eigenvalue weighted by molar-refractivity contribution is 5.69. The van der Waals surface area contributed by atoms with Gasteiger partial charge in [0.15, 0.2) is 0 Å². The number of aryl methyl sites for hydroxylation is 2. The van der Waals surface area contributed by atoms with Gasteiger partial charge in [0.1, 0.15) is 5.75 Å². The largest absolute Gasteiger partial charge is 0.497 e. The van der Waals surface area contributed by atoms with Crippen LogP contribution in [0.5, 0.6) is 5.75 Å². The number of nitrogens with one attached hydrogen (secondary N) is 1. The van der Waals surface area contributed by atoms with Crippen LogP contribution in [0, 0.1) is 0 Å². The van der Waals surface area contributed by atoms with E-state index in [-0.39, 0.29) is 0 Å². The van der Waals surface area contributed by atoms with E-state index < -0.39 is 0 Å². The molecule has 0 aliphatic heterocycles. The lowest BCUT2D eigenvalue weighted by atomic mass is 9.95. The van der Waals surface area contributed by atoms with Crippen LogP contribution in [0.4, 0.5) is 0 Å². The molecule has 0 spiro atoms. The molecule has 2 rings (SSSR count). The molecule has 0 amide bonds. The molecule has 0 saturated heterocycles. The Morgan fingerprint density at radius 2 is 2.05 bits per heavy atom. The van der Waals surface area contributed by atoms with Crippen molar-refractivity contribution in [3.8, 4) is 16.9 Å². The molecule has 0 fully saturated rings. The van der Waals surface area contributed by atoms with Gasteiger partial charge in [-0.2, -0.15) is 0 Å². The third-order valence-corrected chi connectivity index (χ3v) is 3.87. The highest BCUT2D eigenvalue weighted by atomic mass is 16.5. The molecule has 0 heterocycles. The normalized spacial score (nSPS) is 10.3. The van der Waals surface area contributed by atoms with Crippen molar-refractivity contribution in [2.24, 2.45) is 0 Å². The Kier molecular flexibility index (Phi) is 6.08. The van der Waals surface area contributed by atoms with Crippen LogP contribution in [0.3, 0.4) is 0 Å². The van der Waals surface area contributed by atoms with E-state index in [4.69, 9.17) is 4.74 Å². The van der Waals surface area contributed by atoms with E-state index >= 15 is 0 Å². The van der Waals surface area contributed by atoms with E-state index in [0.29, 0.717) is 0 Å². The molecule has 2 heteroatoms. The van der Waals surface area contributed by atoms with Gasteiger partial charge < -0.3 is 10.1 Å². The molecule has 116 valence electrons. The molecule has 22 heavy (non-hydrogen) atoms. The van der Waals surface area contributed by atoms with Crippen molar-refractivity contribution in [3.63, 3.8) is 0 Å². The van der Waals surface area contributed by atoms with Gasteiger partial charge in [0.25, 0.3) is 0 Å². The van der Waals surface area contributed by atoms with Crippen LogP contribution in [-0.2, 0) is 12.8 Å². The average molecular weight is 295 g/mol. The zero-order chi connectivity index (χ0) is 15.8. The summed E-state index contributed by atoms with van der Waals surface area (Å²) in [6.07, 6.45) is 4.89. The zero-order valence-electron chi connectivity index (χ0n) is 13.6. The second-order valence-corrected chi connectivity index (χ2v) is 5.34. The molecule has 0 saturated carbocycles. The smallest absolute Gasteiger partial charge is 0.119 e. The summed E-state index contributed by atoms with van der Waals surface area (Å²) in [7, 11) is 1.72. The van der Waals surface area contributed by atoms with Crippen molar-refractivity contribution in [3.05, 3.63) is 66.4 Å². The van der Waals surface area contributed by atoms with Gasteiger partial charge in [-0.15, -0.1) is 0 Å². The summed E-state index contributed by atoms with van der Waals surface area (Å²) in [4.78, 5) is 0. The molecule has 1 N–H and O–H groups in total. The fourth-order valence-corrected chi connectivity index (χ4v) is 2.63. The lowest BCUT2D eigenvalue weighted by Crippen LogP contribution is -2.07. The van der Waals surface area contributed by atoms with Crippen LogP contribution in [0.15, 0.2) is 55.2 Å². The zero-order valence-corrected chi connectivity index (χ0v) is 13.6. The first kappa shape index (κ1) is 16.2. The lowest BCUT2D eigenvalue weighted by molar-refractivity contribution is 0.414. The summed E-state index contributed by atoms with van der Waals surface area (Å²) in [5.41, 5.74) is 5.29. The van der Waals surface area contributed by atoms with Gasteiger partial charge in [-0.3, -0.25) is 0 Å². The second-order valence-electron chi connectivity index (χ2n) is 5.34. The maximum atomic E-state index is 5.39. The summed E-state index contributed by atoms with van der Waals surface area (Å²) in [6.45, 7) is 6.81. The van der Waals surface area contributed by atoms with Crippen molar-refractivity contribution in [2.75, 3.05) is 13.7 Å². The molecule has 0 aromatic heterocycles. The Labute approximate surface area is 133 Å². The third kappa shape index (κ3) is 4.14. The van der Waals surface area contributed by atoms with Gasteiger partial charge >= 0.3 is 0 Å². The fourth-order valence-electron chi connectivity index (χ4n) is 2.63. The molecular weight excluding hydrogens is 270 g/mol. The summed E-state index contributed by atoms with van der Waals surface area (Å²) < 4.78 is 5.39. The highest BCUT2D eigenvalue weighted by Crippen LogP contribution is 2.29. The van der Waals surface area contributed by atoms with Gasteiger partial charge in [-0.1, -0.05) is 43.8 Å². The molecule has 0 aliphatic rings. The molecule has 0 unspecified atom stereocenters. The van der Waals surface area contributed by atoms with Crippen molar-refractivity contribution in [1.29, 1.82) is 0 Å². The molecule has 2 nitrogen and oxygen atoms in total. The van der Waals surface area contributed by atoms with Gasteiger partial charge in [0, 0.05) is 6.54 Å². The standard InChI is InChI=1S/C20H25NO/c1-4-16-8-6-9-17(14-16)20-12-11-19(22-3)15-18(20)10-7-13-21-5-2/h5-6,8-9,11-12,14-15,21H,2,4,7,10,13H2,1,3H3. The number of ether oxygens (including phenoxy) is 1. The van der Waals surface area contributed by atoms with E-state index in [1.807, 2.05) is 6.07 Å². The summed E-state index contributed by atoms with van der Waals surface area (Å²) in [5.74, 6) is 0.919. The number of hydrogen-bond donors (Lipinski definition) is 1. The predicted molar refractivity (Wildman–Crippen MR) is 94.3 cm³/mol. The first-order valence-electron chi connectivity index (χ1n) is 7.89. The Morgan fingerprint density at radius 3 is 2.77 bits per heavy atom. The van der Waals surface area contributed by atoms with E-state index in [1.54, 1.807) is 13.3 Å². The third-order valence-electron chi connectivity index (χ3n) is 3.87. The minimum atomic E-state index is 0.919. The monoisotopic (exact) mass is 295 g/mol. The van der Waals surface area contributed by atoms with Crippen LogP contribution in [0.2, 0.25) is 0 Å². The van der Waals surface area contributed by atoms with Crippen molar-refractivity contribution in [2.45, 2.75) is 26.2 Å². The minimum absolute atomic E-state index is 0.919. The minimum Gasteiger partial charge on any atom is -0.497 e. The average Bonchev–Trinajstić information content (AvgIpc) is 2.58. The number of benzene rings is 2. The Bertz CT molecular complexity index is 619. The van der Waals surface area contributed by atoms with E-state index in [2.05, 4.69) is 55.2 Å². The highest BCUT2D eigenvalue weighted by Gasteiger charge is 2.07. The lowest BCUT2D eigenvalue weighted by Gasteiger charge is -2.13. The van der Waals surface area contributed by atoms with Gasteiger partial charge in [-0.05, 0) is 59.8 Å². The van der Waals surface area contributed by atoms with E-state index in [1.165, 1.54) is 22.3 Å². The van der Waals surface area contributed by atoms with Crippen LogP contribution < -0.4 is 10.1 Å². The fraction of sp³-hybridized carbons (Fsp3) is 0.300. The quantitative estimate of drug-likeness (QED) is 0.719. The topological polar surface area (TPSA) is 21.3 Å². The maximum absolute atomic E-state index is 5.39. The van der Waals surface area contributed by atoms with Crippen LogP contribution in [-0.4, -0.2) is 13.7 Å². The maximum Gasteiger partial charge on any atom is 0.119 e. The van der Waals surface area contributed by atoms with Gasteiger partial charge in [0.2, 0.25) is 0 Å². The second kappa shape index (κ2) is 8.28. The molecular formula is C20H25NO. The Hall–Kier alpha value is -2.22. The van der Waals surface area contributed by atoms with Crippen molar-refractivity contribution >= 4 is 0 Å². The number of rotatable bonds is 8. The Balaban J connectivity index is 2.29. The predicted octanol–water partition coefficient (Wildman–Crippen LogP) is 4.59. The molecule has 0 aliphatic carbocycles. The van der Waals surface area contributed by atoms with E-state index in [9.17, 15) is 0 Å². The SMILES string of the molecule is C=CNCCCc1cc(OC)ccc1-c1cccc(CC)c1. The molecule has 0 radical (unpaired) electrons. The number of hydrogen-bond acceptors (Lipinski definition) is 2. The van der Waals surface area contributed by atoms with Crippen LogP contribution in [0.1, 0.15) is 24.5 Å². The first-order chi connectivity index (χ1) is 10.8. The summed E-state index contributed by atoms with van der Waals surface area (Å²) >= 11 is 0. The number of methoxy groups -OCH3 is 1.